The van der Waals surface area contributed by atoms with Crippen molar-refractivity contribution in [2.75, 3.05) is 7.11 Å². The monoisotopic (exact) mass is 337 g/mol. The van der Waals surface area contributed by atoms with Crippen molar-refractivity contribution in [2.24, 2.45) is 0 Å². The summed E-state index contributed by atoms with van der Waals surface area (Å²) in [6.07, 6.45) is -2.61. The molecule has 0 fully saturated rings. The van der Waals surface area contributed by atoms with Crippen molar-refractivity contribution in [3.63, 3.8) is 0 Å². The summed E-state index contributed by atoms with van der Waals surface area (Å²) in [5.41, 5.74) is 0.890. The molecule has 0 aliphatic heterocycles. The largest absolute Gasteiger partial charge is 0.497 e. The molecular formula is C19H22F3NO. The Morgan fingerprint density at radius 1 is 1.04 bits per heavy atom. The SMILES string of the molecule is COc1ccc(CC[C@@H](C)NCc2ccccc2C(F)(F)F)cc1. The summed E-state index contributed by atoms with van der Waals surface area (Å²) >= 11 is 0. The van der Waals surface area contributed by atoms with Crippen LogP contribution in [0.4, 0.5) is 13.2 Å². The first-order chi connectivity index (χ1) is 11.4. The lowest BCUT2D eigenvalue weighted by atomic mass is 10.0. The third-order valence-corrected chi connectivity index (χ3v) is 3.99. The molecule has 0 saturated heterocycles. The van der Waals surface area contributed by atoms with E-state index in [1.165, 1.54) is 17.7 Å². The van der Waals surface area contributed by atoms with Crippen LogP contribution in [0.3, 0.4) is 0 Å². The summed E-state index contributed by atoms with van der Waals surface area (Å²) in [5, 5.41) is 3.18. The molecule has 0 amide bonds. The highest BCUT2D eigenvalue weighted by Gasteiger charge is 2.32. The summed E-state index contributed by atoms with van der Waals surface area (Å²) in [6.45, 7) is 2.19. The number of nitrogens with one attached hydrogen (secondary N) is 1. The summed E-state index contributed by atoms with van der Waals surface area (Å²) in [4.78, 5) is 0. The van der Waals surface area contributed by atoms with Gasteiger partial charge in [-0.25, -0.2) is 0 Å². The standard InChI is InChI=1S/C19H22F3NO/c1-14(7-8-15-9-11-17(24-2)12-10-15)23-13-16-5-3-4-6-18(16)19(20,21)22/h3-6,9-12,14,23H,7-8,13H2,1-2H3/t14-/m1/s1. The summed E-state index contributed by atoms with van der Waals surface area (Å²) < 4.78 is 44.0. The van der Waals surface area contributed by atoms with E-state index >= 15 is 0 Å². The molecule has 24 heavy (non-hydrogen) atoms. The lowest BCUT2D eigenvalue weighted by Gasteiger charge is -2.17. The number of benzene rings is 2. The maximum Gasteiger partial charge on any atom is 0.416 e. The maximum absolute atomic E-state index is 13.0. The van der Waals surface area contributed by atoms with Crippen molar-refractivity contribution in [1.82, 2.24) is 5.32 Å². The second kappa shape index (κ2) is 8.20. The predicted molar refractivity (Wildman–Crippen MR) is 89.1 cm³/mol. The van der Waals surface area contributed by atoms with Crippen LogP contribution in [0.1, 0.15) is 30.0 Å². The van der Waals surface area contributed by atoms with Crippen molar-refractivity contribution in [2.45, 2.75) is 38.5 Å². The number of hydrogen-bond donors (Lipinski definition) is 1. The maximum atomic E-state index is 13.0. The van der Waals surface area contributed by atoms with Gasteiger partial charge in [-0.2, -0.15) is 13.2 Å². The van der Waals surface area contributed by atoms with Crippen LogP contribution in [0.25, 0.3) is 0 Å². The molecular weight excluding hydrogens is 315 g/mol. The van der Waals surface area contributed by atoms with Crippen LogP contribution in [-0.2, 0) is 19.1 Å². The second-order valence-electron chi connectivity index (χ2n) is 5.82. The van der Waals surface area contributed by atoms with Crippen LogP contribution in [0.2, 0.25) is 0 Å². The Labute approximate surface area is 140 Å². The topological polar surface area (TPSA) is 21.3 Å². The van der Waals surface area contributed by atoms with Crippen molar-refractivity contribution in [1.29, 1.82) is 0 Å². The molecule has 0 heterocycles. The molecule has 0 saturated carbocycles. The highest BCUT2D eigenvalue weighted by Crippen LogP contribution is 2.31. The molecule has 5 heteroatoms. The number of methoxy groups -OCH3 is 1. The fourth-order valence-corrected chi connectivity index (χ4v) is 2.51. The van der Waals surface area contributed by atoms with Gasteiger partial charge in [-0.05, 0) is 49.1 Å². The normalized spacial score (nSPS) is 12.9. The Morgan fingerprint density at radius 2 is 1.71 bits per heavy atom. The molecule has 0 bridgehead atoms. The average Bonchev–Trinajstić information content (AvgIpc) is 2.58. The van der Waals surface area contributed by atoms with E-state index in [2.05, 4.69) is 5.32 Å². The Bertz CT molecular complexity index is 638. The molecule has 130 valence electrons. The third-order valence-electron chi connectivity index (χ3n) is 3.99. The Hall–Kier alpha value is -2.01. The molecule has 1 atom stereocenters. The van der Waals surface area contributed by atoms with Gasteiger partial charge in [-0.1, -0.05) is 30.3 Å². The number of alkyl halides is 3. The van der Waals surface area contributed by atoms with E-state index in [-0.39, 0.29) is 18.2 Å². The highest BCUT2D eigenvalue weighted by atomic mass is 19.4. The number of hydrogen-bond acceptors (Lipinski definition) is 2. The zero-order valence-corrected chi connectivity index (χ0v) is 13.9. The lowest BCUT2D eigenvalue weighted by molar-refractivity contribution is -0.138. The molecule has 2 aromatic carbocycles. The van der Waals surface area contributed by atoms with Crippen LogP contribution in [0, 0.1) is 0 Å². The lowest BCUT2D eigenvalue weighted by Crippen LogP contribution is -2.27. The fourth-order valence-electron chi connectivity index (χ4n) is 2.51. The number of halogens is 3. The Morgan fingerprint density at radius 3 is 2.33 bits per heavy atom. The first-order valence-corrected chi connectivity index (χ1v) is 7.91. The molecule has 0 unspecified atom stereocenters. The third kappa shape index (κ3) is 5.27. The zero-order chi connectivity index (χ0) is 17.6. The molecule has 0 radical (unpaired) electrons. The van der Waals surface area contributed by atoms with Gasteiger partial charge in [0.1, 0.15) is 5.75 Å². The smallest absolute Gasteiger partial charge is 0.416 e. The van der Waals surface area contributed by atoms with E-state index in [0.717, 1.165) is 24.7 Å². The summed E-state index contributed by atoms with van der Waals surface area (Å²) in [7, 11) is 1.62. The van der Waals surface area contributed by atoms with Gasteiger partial charge in [-0.15, -0.1) is 0 Å². The van der Waals surface area contributed by atoms with Gasteiger partial charge in [0.05, 0.1) is 12.7 Å². The van der Waals surface area contributed by atoms with E-state index in [0.29, 0.717) is 0 Å². The first kappa shape index (κ1) is 18.3. The van der Waals surface area contributed by atoms with Gasteiger partial charge in [-0.3, -0.25) is 0 Å². The van der Waals surface area contributed by atoms with E-state index in [1.54, 1.807) is 13.2 Å². The molecule has 0 aromatic heterocycles. The van der Waals surface area contributed by atoms with Crippen molar-refractivity contribution in [3.8, 4) is 5.75 Å². The predicted octanol–water partition coefficient (Wildman–Crippen LogP) is 4.82. The molecule has 0 aliphatic rings. The summed E-state index contributed by atoms with van der Waals surface area (Å²) in [5.74, 6) is 0.814. The Balaban J connectivity index is 1.86. The minimum Gasteiger partial charge on any atom is -0.497 e. The molecule has 0 spiro atoms. The van der Waals surface area contributed by atoms with Crippen LogP contribution < -0.4 is 10.1 Å². The number of rotatable bonds is 7. The van der Waals surface area contributed by atoms with Gasteiger partial charge in [0.15, 0.2) is 0 Å². The van der Waals surface area contributed by atoms with Gasteiger partial charge in [0, 0.05) is 12.6 Å². The van der Waals surface area contributed by atoms with Crippen molar-refractivity contribution >= 4 is 0 Å². The molecule has 1 N–H and O–H groups in total. The van der Waals surface area contributed by atoms with Gasteiger partial charge in [0.2, 0.25) is 0 Å². The minimum atomic E-state index is -4.31. The van der Waals surface area contributed by atoms with Gasteiger partial charge in [0.25, 0.3) is 0 Å². The van der Waals surface area contributed by atoms with E-state index in [9.17, 15) is 13.2 Å². The Kier molecular flexibility index (Phi) is 6.26. The summed E-state index contributed by atoms with van der Waals surface area (Å²) in [6, 6.07) is 13.6. The zero-order valence-electron chi connectivity index (χ0n) is 13.9. The quantitative estimate of drug-likeness (QED) is 0.782. The van der Waals surface area contributed by atoms with Crippen LogP contribution >= 0.6 is 0 Å². The molecule has 2 nitrogen and oxygen atoms in total. The number of aryl methyl sites for hydroxylation is 1. The van der Waals surface area contributed by atoms with Gasteiger partial charge >= 0.3 is 6.18 Å². The van der Waals surface area contributed by atoms with E-state index < -0.39 is 11.7 Å². The molecule has 2 rings (SSSR count). The van der Waals surface area contributed by atoms with Crippen molar-refractivity contribution < 1.29 is 17.9 Å². The molecule has 0 aliphatic carbocycles. The van der Waals surface area contributed by atoms with Crippen LogP contribution in [0.15, 0.2) is 48.5 Å². The second-order valence-corrected chi connectivity index (χ2v) is 5.82. The minimum absolute atomic E-state index is 0.119. The first-order valence-electron chi connectivity index (χ1n) is 7.91. The average molecular weight is 337 g/mol. The van der Waals surface area contributed by atoms with Gasteiger partial charge < -0.3 is 10.1 Å². The molecule has 2 aromatic rings. The fraction of sp³-hybridized carbons (Fsp3) is 0.368. The van der Waals surface area contributed by atoms with Crippen LogP contribution in [-0.4, -0.2) is 13.2 Å². The van der Waals surface area contributed by atoms with Crippen molar-refractivity contribution in [3.05, 3.63) is 65.2 Å². The van der Waals surface area contributed by atoms with E-state index in [1.807, 2.05) is 31.2 Å². The van der Waals surface area contributed by atoms with Crippen LogP contribution in [0.5, 0.6) is 5.75 Å². The highest BCUT2D eigenvalue weighted by molar-refractivity contribution is 5.29. The van der Waals surface area contributed by atoms with E-state index in [4.69, 9.17) is 4.74 Å². The number of ether oxygens (including phenoxy) is 1.